The molecule has 2 aromatic heterocycles. The summed E-state index contributed by atoms with van der Waals surface area (Å²) in [6.07, 6.45) is 8.06. The first-order chi connectivity index (χ1) is 10.2. The molecular weight excluding hydrogens is 262 g/mol. The lowest BCUT2D eigenvalue weighted by Gasteiger charge is -2.27. The van der Waals surface area contributed by atoms with Gasteiger partial charge in [-0.2, -0.15) is 5.10 Å². The van der Waals surface area contributed by atoms with Gasteiger partial charge in [0.05, 0.1) is 29.8 Å². The molecule has 0 unspecified atom stereocenters. The molecule has 2 aromatic rings. The zero-order chi connectivity index (χ0) is 14.8. The van der Waals surface area contributed by atoms with Crippen LogP contribution in [0, 0.1) is 0 Å². The second-order valence-electron chi connectivity index (χ2n) is 5.85. The number of hydrogen-bond acceptors (Lipinski definition) is 4. The van der Waals surface area contributed by atoms with Gasteiger partial charge in [0, 0.05) is 18.8 Å². The molecule has 0 aromatic carbocycles. The first kappa shape index (κ1) is 14.2. The van der Waals surface area contributed by atoms with E-state index in [2.05, 4.69) is 40.7 Å². The van der Waals surface area contributed by atoms with Crippen LogP contribution in [0.5, 0.6) is 0 Å². The first-order valence-electron chi connectivity index (χ1n) is 7.80. The van der Waals surface area contributed by atoms with Gasteiger partial charge in [0.1, 0.15) is 5.69 Å². The minimum atomic E-state index is 0.419. The predicted molar refractivity (Wildman–Crippen MR) is 82.7 cm³/mol. The molecule has 112 valence electrons. The van der Waals surface area contributed by atoms with Crippen LogP contribution in [0.1, 0.15) is 45.3 Å². The molecule has 0 saturated carbocycles. The summed E-state index contributed by atoms with van der Waals surface area (Å²) < 4.78 is 1.94. The highest BCUT2D eigenvalue weighted by atomic mass is 15.3. The molecular formula is C16H23N5. The molecule has 1 saturated heterocycles. The maximum Gasteiger partial charge on any atom is 0.107 e. The van der Waals surface area contributed by atoms with Crippen molar-refractivity contribution in [2.75, 3.05) is 6.54 Å². The highest BCUT2D eigenvalue weighted by molar-refractivity contribution is 5.52. The molecule has 5 nitrogen and oxygen atoms in total. The summed E-state index contributed by atoms with van der Waals surface area (Å²) in [7, 11) is 0. The average Bonchev–Trinajstić information content (AvgIpc) is 3.16. The van der Waals surface area contributed by atoms with E-state index in [1.807, 2.05) is 29.3 Å². The fourth-order valence-electron chi connectivity index (χ4n) is 3.17. The molecule has 0 bridgehead atoms. The molecule has 3 heterocycles. The maximum absolute atomic E-state index is 4.68. The quantitative estimate of drug-likeness (QED) is 0.866. The fraction of sp³-hybridized carbons (Fsp3) is 0.562. The Kier molecular flexibility index (Phi) is 4.01. The first-order valence-corrected chi connectivity index (χ1v) is 7.80. The number of nitrogens with zero attached hydrogens (tertiary/aromatic N) is 5. The van der Waals surface area contributed by atoms with Crippen LogP contribution in [0.25, 0.3) is 11.4 Å². The van der Waals surface area contributed by atoms with Crippen molar-refractivity contribution in [3.8, 4) is 11.4 Å². The molecule has 0 spiro atoms. The second-order valence-corrected chi connectivity index (χ2v) is 5.85. The Morgan fingerprint density at radius 3 is 2.81 bits per heavy atom. The van der Waals surface area contributed by atoms with Gasteiger partial charge in [-0.1, -0.05) is 0 Å². The van der Waals surface area contributed by atoms with Crippen molar-refractivity contribution in [3.05, 3.63) is 30.4 Å². The molecule has 21 heavy (non-hydrogen) atoms. The monoisotopic (exact) mass is 285 g/mol. The van der Waals surface area contributed by atoms with Crippen LogP contribution in [0.2, 0.25) is 0 Å². The lowest BCUT2D eigenvalue weighted by atomic mass is 10.1. The molecule has 1 aliphatic rings. The van der Waals surface area contributed by atoms with Gasteiger partial charge in [-0.05, 0) is 46.2 Å². The van der Waals surface area contributed by atoms with Crippen LogP contribution in [0.4, 0.5) is 0 Å². The lowest BCUT2D eigenvalue weighted by Crippen LogP contribution is -2.30. The molecule has 3 rings (SSSR count). The van der Waals surface area contributed by atoms with E-state index < -0.39 is 0 Å². The highest BCUT2D eigenvalue weighted by Crippen LogP contribution is 2.32. The topological polar surface area (TPSA) is 46.8 Å². The Balaban J connectivity index is 1.84. The fourth-order valence-corrected chi connectivity index (χ4v) is 3.17. The molecule has 1 fully saturated rings. The van der Waals surface area contributed by atoms with Gasteiger partial charge in [0.15, 0.2) is 0 Å². The van der Waals surface area contributed by atoms with Crippen LogP contribution in [-0.4, -0.2) is 37.2 Å². The van der Waals surface area contributed by atoms with Crippen LogP contribution in [-0.2, 0) is 6.54 Å². The van der Waals surface area contributed by atoms with Gasteiger partial charge >= 0.3 is 0 Å². The molecule has 1 atom stereocenters. The van der Waals surface area contributed by atoms with Crippen LogP contribution in [0.15, 0.2) is 24.7 Å². The number of likely N-dealkylation sites (tertiary alicyclic amines) is 1. The summed E-state index contributed by atoms with van der Waals surface area (Å²) in [6, 6.07) is 2.96. The molecule has 1 aliphatic heterocycles. The van der Waals surface area contributed by atoms with Crippen molar-refractivity contribution in [3.63, 3.8) is 0 Å². The smallest absolute Gasteiger partial charge is 0.107 e. The van der Waals surface area contributed by atoms with Crippen molar-refractivity contribution in [2.45, 2.75) is 52.2 Å². The third kappa shape index (κ3) is 2.70. The van der Waals surface area contributed by atoms with E-state index in [0.717, 1.165) is 30.2 Å². The summed E-state index contributed by atoms with van der Waals surface area (Å²) in [6.45, 7) is 8.58. The molecule has 0 radical (unpaired) electrons. The lowest BCUT2D eigenvalue weighted by molar-refractivity contribution is 0.202. The largest absolute Gasteiger partial charge is 0.292 e. The number of rotatable bonds is 4. The SMILES string of the molecule is CCn1nccc1-c1cnc([C@H]2CCCN2C(C)C)cn1. The summed E-state index contributed by atoms with van der Waals surface area (Å²) in [5, 5.41) is 4.29. The van der Waals surface area contributed by atoms with Crippen LogP contribution in [0.3, 0.4) is 0 Å². The van der Waals surface area contributed by atoms with Gasteiger partial charge in [0.25, 0.3) is 0 Å². The highest BCUT2D eigenvalue weighted by Gasteiger charge is 2.29. The Hall–Kier alpha value is -1.75. The number of aryl methyl sites for hydroxylation is 1. The molecule has 0 amide bonds. The summed E-state index contributed by atoms with van der Waals surface area (Å²) >= 11 is 0. The van der Waals surface area contributed by atoms with Crippen molar-refractivity contribution < 1.29 is 0 Å². The van der Waals surface area contributed by atoms with Gasteiger partial charge in [-0.15, -0.1) is 0 Å². The predicted octanol–water partition coefficient (Wildman–Crippen LogP) is 2.91. The zero-order valence-corrected chi connectivity index (χ0v) is 13.0. The molecule has 5 heteroatoms. The third-order valence-electron chi connectivity index (χ3n) is 4.25. The average molecular weight is 285 g/mol. The summed E-state index contributed by atoms with van der Waals surface area (Å²) in [5.41, 5.74) is 3.02. The van der Waals surface area contributed by atoms with E-state index in [4.69, 9.17) is 0 Å². The van der Waals surface area contributed by atoms with Crippen molar-refractivity contribution in [2.24, 2.45) is 0 Å². The number of hydrogen-bond donors (Lipinski definition) is 0. The Labute approximate surface area is 126 Å². The minimum absolute atomic E-state index is 0.419. The van der Waals surface area contributed by atoms with Gasteiger partial charge < -0.3 is 0 Å². The van der Waals surface area contributed by atoms with Gasteiger partial charge in [0.2, 0.25) is 0 Å². The van der Waals surface area contributed by atoms with Crippen molar-refractivity contribution >= 4 is 0 Å². The Morgan fingerprint density at radius 1 is 1.29 bits per heavy atom. The number of aromatic nitrogens is 4. The molecule has 0 N–H and O–H groups in total. The van der Waals surface area contributed by atoms with E-state index in [1.54, 1.807) is 0 Å². The molecule has 0 aliphatic carbocycles. The van der Waals surface area contributed by atoms with E-state index in [1.165, 1.54) is 12.8 Å². The van der Waals surface area contributed by atoms with Crippen LogP contribution >= 0.6 is 0 Å². The normalized spacial score (nSPS) is 19.5. The van der Waals surface area contributed by atoms with Gasteiger partial charge in [-0.25, -0.2) is 0 Å². The van der Waals surface area contributed by atoms with E-state index in [9.17, 15) is 0 Å². The van der Waals surface area contributed by atoms with Gasteiger partial charge in [-0.3, -0.25) is 19.5 Å². The van der Waals surface area contributed by atoms with E-state index in [-0.39, 0.29) is 0 Å². The Bertz CT molecular complexity index is 587. The second kappa shape index (κ2) is 5.93. The zero-order valence-electron chi connectivity index (χ0n) is 13.0. The Morgan fingerprint density at radius 2 is 2.14 bits per heavy atom. The van der Waals surface area contributed by atoms with E-state index >= 15 is 0 Å². The third-order valence-corrected chi connectivity index (χ3v) is 4.25. The summed E-state index contributed by atoms with van der Waals surface area (Å²) in [5.74, 6) is 0. The van der Waals surface area contributed by atoms with E-state index in [0.29, 0.717) is 12.1 Å². The van der Waals surface area contributed by atoms with Crippen LogP contribution < -0.4 is 0 Å². The van der Waals surface area contributed by atoms with Crippen molar-refractivity contribution in [1.29, 1.82) is 0 Å². The standard InChI is InChI=1S/C16H23N5/c1-4-21-16(7-8-19-21)14-11-17-13(10-18-14)15-6-5-9-20(15)12(2)3/h7-8,10-12,15H,4-6,9H2,1-3H3/t15-/m1/s1. The minimum Gasteiger partial charge on any atom is -0.292 e. The van der Waals surface area contributed by atoms with Crippen molar-refractivity contribution in [1.82, 2.24) is 24.6 Å². The maximum atomic E-state index is 4.68. The summed E-state index contributed by atoms with van der Waals surface area (Å²) in [4.78, 5) is 11.8.